The van der Waals surface area contributed by atoms with Gasteiger partial charge in [-0.1, -0.05) is 0 Å². The van der Waals surface area contributed by atoms with Crippen LogP contribution < -0.4 is 9.80 Å². The lowest BCUT2D eigenvalue weighted by atomic mass is 10.2. The molecule has 2 saturated heterocycles. The van der Waals surface area contributed by atoms with Crippen molar-refractivity contribution >= 4 is 17.3 Å². The summed E-state index contributed by atoms with van der Waals surface area (Å²) < 4.78 is 0. The van der Waals surface area contributed by atoms with Crippen molar-refractivity contribution in [3.05, 3.63) is 22.2 Å². The second-order valence-corrected chi connectivity index (χ2v) is 7.47. The summed E-state index contributed by atoms with van der Waals surface area (Å²) in [6.07, 6.45) is 2.09. The molecule has 0 N–H and O–H groups in total. The third-order valence-corrected chi connectivity index (χ3v) is 5.45. The predicted molar refractivity (Wildman–Crippen MR) is 99.5 cm³/mol. The predicted octanol–water partition coefficient (Wildman–Crippen LogP) is 1.27. The van der Waals surface area contributed by atoms with E-state index in [4.69, 9.17) is 4.98 Å². The first-order chi connectivity index (χ1) is 11.9. The zero-order valence-corrected chi connectivity index (χ0v) is 15.6. The number of aromatic nitrogens is 1. The van der Waals surface area contributed by atoms with Gasteiger partial charge in [0.2, 0.25) is 5.82 Å². The van der Waals surface area contributed by atoms with E-state index in [9.17, 15) is 10.1 Å². The quantitative estimate of drug-likeness (QED) is 0.586. The minimum absolute atomic E-state index is 0.103. The fraction of sp³-hybridized carbons (Fsp3) is 0.706. The van der Waals surface area contributed by atoms with Crippen LogP contribution in [0.15, 0.2) is 12.1 Å². The highest BCUT2D eigenvalue weighted by Gasteiger charge is 2.32. The Bertz CT molecular complexity index is 636. The van der Waals surface area contributed by atoms with Gasteiger partial charge in [0.25, 0.3) is 0 Å². The van der Waals surface area contributed by atoms with Crippen LogP contribution >= 0.6 is 0 Å². The number of rotatable bonds is 5. The molecule has 0 bridgehead atoms. The molecular weight excluding hydrogens is 320 g/mol. The maximum atomic E-state index is 11.5. The van der Waals surface area contributed by atoms with Crippen molar-refractivity contribution in [1.29, 1.82) is 0 Å². The Morgan fingerprint density at radius 3 is 2.12 bits per heavy atom. The summed E-state index contributed by atoms with van der Waals surface area (Å²) in [5, 5.41) is 11.5. The zero-order valence-electron chi connectivity index (χ0n) is 15.6. The molecule has 25 heavy (non-hydrogen) atoms. The van der Waals surface area contributed by atoms with Crippen LogP contribution in [-0.2, 0) is 0 Å². The van der Waals surface area contributed by atoms with E-state index in [1.165, 1.54) is 0 Å². The number of likely N-dealkylation sites (N-methyl/N-ethyl adjacent to an activating group) is 2. The SMILES string of the molecule is CN(C)[C@@H]1CCN(c2ccc([N+](=O)[O-])c(N3CC[C@H](N(C)C)C3)n2)C1. The van der Waals surface area contributed by atoms with Crippen LogP contribution in [0.2, 0.25) is 0 Å². The van der Waals surface area contributed by atoms with Gasteiger partial charge in [-0.15, -0.1) is 0 Å². The van der Waals surface area contributed by atoms with Gasteiger partial charge in [-0.05, 0) is 47.1 Å². The highest BCUT2D eigenvalue weighted by atomic mass is 16.6. The van der Waals surface area contributed by atoms with Crippen molar-refractivity contribution in [3.8, 4) is 0 Å². The number of hydrogen-bond acceptors (Lipinski definition) is 7. The second kappa shape index (κ2) is 7.13. The number of nitro groups is 1. The van der Waals surface area contributed by atoms with Crippen LogP contribution in [0.25, 0.3) is 0 Å². The molecule has 138 valence electrons. The van der Waals surface area contributed by atoms with E-state index in [0.717, 1.165) is 44.8 Å². The van der Waals surface area contributed by atoms with E-state index in [2.05, 4.69) is 47.8 Å². The molecule has 3 heterocycles. The van der Waals surface area contributed by atoms with Gasteiger partial charge >= 0.3 is 5.69 Å². The van der Waals surface area contributed by atoms with E-state index in [1.807, 2.05) is 0 Å². The number of anilines is 2. The first kappa shape index (κ1) is 17.9. The average molecular weight is 348 g/mol. The molecular formula is C17H28N6O2. The van der Waals surface area contributed by atoms with Crippen LogP contribution in [0.1, 0.15) is 12.8 Å². The molecule has 2 atom stereocenters. The first-order valence-electron chi connectivity index (χ1n) is 8.85. The summed E-state index contributed by atoms with van der Waals surface area (Å²) in [6, 6.07) is 4.32. The van der Waals surface area contributed by atoms with Crippen molar-refractivity contribution in [2.45, 2.75) is 24.9 Å². The molecule has 0 aliphatic carbocycles. The molecule has 1 aromatic rings. The van der Waals surface area contributed by atoms with E-state index >= 15 is 0 Å². The lowest BCUT2D eigenvalue weighted by Crippen LogP contribution is -2.33. The molecule has 0 unspecified atom stereocenters. The molecule has 0 spiro atoms. The number of nitrogens with zero attached hydrogens (tertiary/aromatic N) is 6. The molecule has 8 nitrogen and oxygen atoms in total. The number of hydrogen-bond donors (Lipinski definition) is 0. The highest BCUT2D eigenvalue weighted by molar-refractivity contribution is 5.63. The van der Waals surface area contributed by atoms with Crippen molar-refractivity contribution in [2.75, 3.05) is 64.2 Å². The summed E-state index contributed by atoms with van der Waals surface area (Å²) in [5.41, 5.74) is 0.103. The largest absolute Gasteiger partial charge is 0.355 e. The summed E-state index contributed by atoms with van der Waals surface area (Å²) >= 11 is 0. The second-order valence-electron chi connectivity index (χ2n) is 7.47. The standard InChI is InChI=1S/C17H28N6O2/c1-19(2)13-7-9-21(11-13)16-6-5-15(23(24)25)17(18-16)22-10-8-14(12-22)20(3)4/h5-6,13-14H,7-12H2,1-4H3/t13-,14+/m1/s1. The minimum Gasteiger partial charge on any atom is -0.355 e. The Kier molecular flexibility index (Phi) is 5.10. The Labute approximate surface area is 149 Å². The van der Waals surface area contributed by atoms with E-state index in [0.29, 0.717) is 17.9 Å². The molecule has 0 amide bonds. The average Bonchev–Trinajstić information content (AvgIpc) is 3.24. The Hall–Kier alpha value is -1.93. The van der Waals surface area contributed by atoms with Gasteiger partial charge in [0.1, 0.15) is 5.82 Å². The third-order valence-electron chi connectivity index (χ3n) is 5.45. The fourth-order valence-corrected chi connectivity index (χ4v) is 3.71. The lowest BCUT2D eigenvalue weighted by molar-refractivity contribution is -0.384. The smallest absolute Gasteiger partial charge is 0.311 e. The van der Waals surface area contributed by atoms with Gasteiger partial charge in [-0.3, -0.25) is 10.1 Å². The van der Waals surface area contributed by atoms with Crippen molar-refractivity contribution in [2.24, 2.45) is 0 Å². The van der Waals surface area contributed by atoms with Crippen LogP contribution in [0, 0.1) is 10.1 Å². The highest BCUT2D eigenvalue weighted by Crippen LogP contribution is 2.33. The lowest BCUT2D eigenvalue weighted by Gasteiger charge is -2.24. The van der Waals surface area contributed by atoms with Crippen molar-refractivity contribution in [3.63, 3.8) is 0 Å². The molecule has 2 aliphatic heterocycles. The normalized spacial score (nSPS) is 23.9. The van der Waals surface area contributed by atoms with Crippen LogP contribution in [0.4, 0.5) is 17.3 Å². The van der Waals surface area contributed by atoms with Crippen LogP contribution in [0.5, 0.6) is 0 Å². The summed E-state index contributed by atoms with van der Waals surface area (Å²) in [5.74, 6) is 1.36. The van der Waals surface area contributed by atoms with E-state index in [-0.39, 0.29) is 10.6 Å². The first-order valence-corrected chi connectivity index (χ1v) is 8.85. The van der Waals surface area contributed by atoms with Crippen LogP contribution in [-0.4, -0.2) is 86.2 Å². The molecule has 0 aromatic carbocycles. The summed E-state index contributed by atoms with van der Waals surface area (Å²) in [4.78, 5) is 24.6. The topological polar surface area (TPSA) is 69.0 Å². The Morgan fingerprint density at radius 1 is 1.04 bits per heavy atom. The van der Waals surface area contributed by atoms with Gasteiger partial charge in [-0.25, -0.2) is 4.98 Å². The number of pyridine rings is 1. The van der Waals surface area contributed by atoms with Crippen molar-refractivity contribution in [1.82, 2.24) is 14.8 Å². The van der Waals surface area contributed by atoms with E-state index in [1.54, 1.807) is 12.1 Å². The maximum Gasteiger partial charge on any atom is 0.311 e. The van der Waals surface area contributed by atoms with Gasteiger partial charge in [0.15, 0.2) is 0 Å². The maximum absolute atomic E-state index is 11.5. The summed E-state index contributed by atoms with van der Waals surface area (Å²) in [6.45, 7) is 3.44. The molecule has 0 radical (unpaired) electrons. The molecule has 8 heteroatoms. The third kappa shape index (κ3) is 3.69. The monoisotopic (exact) mass is 348 g/mol. The van der Waals surface area contributed by atoms with Gasteiger partial charge in [-0.2, -0.15) is 0 Å². The molecule has 2 aliphatic rings. The van der Waals surface area contributed by atoms with Gasteiger partial charge in [0, 0.05) is 44.3 Å². The van der Waals surface area contributed by atoms with Crippen LogP contribution in [0.3, 0.4) is 0 Å². The fourth-order valence-electron chi connectivity index (χ4n) is 3.71. The zero-order chi connectivity index (χ0) is 18.1. The van der Waals surface area contributed by atoms with Gasteiger partial charge in [0.05, 0.1) is 4.92 Å². The Balaban J connectivity index is 1.85. The van der Waals surface area contributed by atoms with Crippen molar-refractivity contribution < 1.29 is 4.92 Å². The summed E-state index contributed by atoms with van der Waals surface area (Å²) in [7, 11) is 8.29. The van der Waals surface area contributed by atoms with E-state index < -0.39 is 0 Å². The molecule has 1 aromatic heterocycles. The Morgan fingerprint density at radius 2 is 1.60 bits per heavy atom. The molecule has 3 rings (SSSR count). The van der Waals surface area contributed by atoms with Gasteiger partial charge < -0.3 is 19.6 Å². The molecule has 2 fully saturated rings. The minimum atomic E-state index is -0.318. The molecule has 0 saturated carbocycles.